The van der Waals surface area contributed by atoms with Gasteiger partial charge >= 0.3 is 5.97 Å². The lowest BCUT2D eigenvalue weighted by Gasteiger charge is -2.23. The number of carboxylic acid groups (broad SMARTS) is 1. The maximum atomic E-state index is 11.7. The van der Waals surface area contributed by atoms with Crippen molar-refractivity contribution in [2.75, 3.05) is 6.54 Å². The van der Waals surface area contributed by atoms with Gasteiger partial charge in [0.05, 0.1) is 0 Å². The highest BCUT2D eigenvalue weighted by Crippen LogP contribution is 2.03. The number of carbonyl (C=O) groups excluding carboxylic acids is 1. The second-order valence-corrected chi connectivity index (χ2v) is 3.25. The van der Waals surface area contributed by atoms with Crippen molar-refractivity contribution < 1.29 is 14.7 Å². The molecule has 82 valence electrons. The van der Waals surface area contributed by atoms with Crippen molar-refractivity contribution in [3.05, 3.63) is 12.2 Å². The van der Waals surface area contributed by atoms with E-state index in [2.05, 4.69) is 15.2 Å². The van der Waals surface area contributed by atoms with E-state index in [1.807, 2.05) is 0 Å². The van der Waals surface area contributed by atoms with Gasteiger partial charge in [0.2, 0.25) is 5.82 Å². The van der Waals surface area contributed by atoms with E-state index in [0.29, 0.717) is 0 Å². The van der Waals surface area contributed by atoms with Gasteiger partial charge in [-0.25, -0.2) is 4.98 Å². The van der Waals surface area contributed by atoms with E-state index in [1.165, 1.54) is 11.2 Å². The summed E-state index contributed by atoms with van der Waals surface area (Å²) >= 11 is 0. The molecular formula is C8H12N4O3. The van der Waals surface area contributed by atoms with Gasteiger partial charge in [-0.3, -0.25) is 14.7 Å². The number of carboxylic acids is 1. The fourth-order valence-corrected chi connectivity index (χ4v) is 1.08. The van der Waals surface area contributed by atoms with Crippen LogP contribution in [0.5, 0.6) is 0 Å². The van der Waals surface area contributed by atoms with Crippen LogP contribution in [0.2, 0.25) is 0 Å². The minimum atomic E-state index is -1.06. The van der Waals surface area contributed by atoms with Crippen molar-refractivity contribution in [1.29, 1.82) is 0 Å². The zero-order valence-electron chi connectivity index (χ0n) is 8.47. The van der Waals surface area contributed by atoms with Crippen LogP contribution in [0, 0.1) is 0 Å². The summed E-state index contributed by atoms with van der Waals surface area (Å²) in [5.74, 6) is -1.48. The van der Waals surface area contributed by atoms with Crippen LogP contribution >= 0.6 is 0 Å². The summed E-state index contributed by atoms with van der Waals surface area (Å²) in [7, 11) is 0. The summed E-state index contributed by atoms with van der Waals surface area (Å²) in [4.78, 5) is 27.1. The van der Waals surface area contributed by atoms with Crippen LogP contribution in [-0.2, 0) is 4.79 Å². The molecule has 0 unspecified atom stereocenters. The molecule has 0 radical (unpaired) electrons. The summed E-state index contributed by atoms with van der Waals surface area (Å²) in [6.45, 7) is 3.12. The van der Waals surface area contributed by atoms with Crippen LogP contribution in [0.4, 0.5) is 0 Å². The summed E-state index contributed by atoms with van der Waals surface area (Å²) in [6, 6.07) is -0.210. The third-order valence-electron chi connectivity index (χ3n) is 1.81. The zero-order chi connectivity index (χ0) is 11.4. The Morgan fingerprint density at radius 2 is 2.27 bits per heavy atom. The standard InChI is InChI=1S/C8H12N4O3/c1-5(2)12(3-6(13)14)8(15)7-9-4-10-11-7/h4-5H,3H2,1-2H3,(H,13,14)(H,9,10,11). The number of rotatable bonds is 4. The number of hydrogen-bond acceptors (Lipinski definition) is 4. The fourth-order valence-electron chi connectivity index (χ4n) is 1.08. The number of aromatic amines is 1. The number of nitrogens with one attached hydrogen (secondary N) is 1. The molecule has 15 heavy (non-hydrogen) atoms. The van der Waals surface area contributed by atoms with Crippen molar-refractivity contribution in [2.45, 2.75) is 19.9 Å². The van der Waals surface area contributed by atoms with E-state index < -0.39 is 11.9 Å². The van der Waals surface area contributed by atoms with Crippen molar-refractivity contribution in [2.24, 2.45) is 0 Å². The SMILES string of the molecule is CC(C)N(CC(=O)O)C(=O)c1ncn[nH]1. The molecule has 7 heteroatoms. The number of aliphatic carboxylic acids is 1. The molecule has 0 bridgehead atoms. The normalized spacial score (nSPS) is 10.3. The number of hydrogen-bond donors (Lipinski definition) is 2. The number of H-pyrrole nitrogens is 1. The van der Waals surface area contributed by atoms with Gasteiger partial charge in [0, 0.05) is 6.04 Å². The van der Waals surface area contributed by atoms with Gasteiger partial charge in [-0.1, -0.05) is 0 Å². The molecule has 0 aliphatic rings. The number of nitrogens with zero attached hydrogens (tertiary/aromatic N) is 3. The first-order chi connectivity index (χ1) is 7.02. The average Bonchev–Trinajstić information content (AvgIpc) is 2.65. The number of carbonyl (C=O) groups is 2. The van der Waals surface area contributed by atoms with Crippen molar-refractivity contribution in [1.82, 2.24) is 20.1 Å². The molecule has 0 aliphatic carbocycles. The lowest BCUT2D eigenvalue weighted by Crippen LogP contribution is -2.41. The van der Waals surface area contributed by atoms with Gasteiger partial charge in [0.15, 0.2) is 0 Å². The predicted octanol–water partition coefficient (Wildman–Crippen LogP) is -0.260. The Kier molecular flexibility index (Phi) is 3.37. The van der Waals surface area contributed by atoms with E-state index in [1.54, 1.807) is 13.8 Å². The second-order valence-electron chi connectivity index (χ2n) is 3.25. The summed E-state index contributed by atoms with van der Waals surface area (Å²) in [5, 5.41) is 14.6. The molecule has 0 fully saturated rings. The third kappa shape index (κ3) is 2.76. The highest BCUT2D eigenvalue weighted by Gasteiger charge is 2.23. The van der Waals surface area contributed by atoms with Gasteiger partial charge in [-0.15, -0.1) is 0 Å². The molecule has 7 nitrogen and oxygen atoms in total. The molecule has 1 heterocycles. The minimum absolute atomic E-state index is 0.0463. The van der Waals surface area contributed by atoms with Crippen molar-refractivity contribution >= 4 is 11.9 Å². The van der Waals surface area contributed by atoms with Crippen molar-refractivity contribution in [3.8, 4) is 0 Å². The Labute approximate surface area is 86.1 Å². The van der Waals surface area contributed by atoms with Gasteiger partial charge in [0.1, 0.15) is 12.9 Å². The molecule has 1 amide bonds. The largest absolute Gasteiger partial charge is 0.480 e. The van der Waals surface area contributed by atoms with E-state index >= 15 is 0 Å². The van der Waals surface area contributed by atoms with Crippen molar-refractivity contribution in [3.63, 3.8) is 0 Å². The molecular weight excluding hydrogens is 200 g/mol. The molecule has 0 saturated carbocycles. The zero-order valence-corrected chi connectivity index (χ0v) is 8.47. The fraction of sp³-hybridized carbons (Fsp3) is 0.500. The Bertz CT molecular complexity index is 347. The van der Waals surface area contributed by atoms with E-state index in [0.717, 1.165) is 0 Å². The topological polar surface area (TPSA) is 99.2 Å². The maximum Gasteiger partial charge on any atom is 0.323 e. The Hall–Kier alpha value is -1.92. The average molecular weight is 212 g/mol. The smallest absolute Gasteiger partial charge is 0.323 e. The number of aromatic nitrogens is 3. The highest BCUT2D eigenvalue weighted by molar-refractivity contribution is 5.92. The summed E-state index contributed by atoms with van der Waals surface area (Å²) in [6.07, 6.45) is 1.20. The molecule has 0 spiro atoms. The van der Waals surface area contributed by atoms with Crippen LogP contribution in [-0.4, -0.2) is 49.7 Å². The number of amides is 1. The molecule has 1 aromatic heterocycles. The van der Waals surface area contributed by atoms with Gasteiger partial charge < -0.3 is 10.0 Å². The molecule has 0 aromatic carbocycles. The van der Waals surface area contributed by atoms with E-state index in [9.17, 15) is 9.59 Å². The van der Waals surface area contributed by atoms with Crippen LogP contribution < -0.4 is 0 Å². The first-order valence-corrected chi connectivity index (χ1v) is 4.40. The molecule has 2 N–H and O–H groups in total. The van der Waals surface area contributed by atoms with Gasteiger partial charge in [-0.05, 0) is 13.8 Å². The molecule has 0 saturated heterocycles. The minimum Gasteiger partial charge on any atom is -0.480 e. The molecule has 1 aromatic rings. The maximum absolute atomic E-state index is 11.7. The van der Waals surface area contributed by atoms with Crippen LogP contribution in [0.3, 0.4) is 0 Å². The monoisotopic (exact) mass is 212 g/mol. The van der Waals surface area contributed by atoms with E-state index in [-0.39, 0.29) is 18.4 Å². The summed E-state index contributed by atoms with van der Waals surface area (Å²) < 4.78 is 0. The van der Waals surface area contributed by atoms with E-state index in [4.69, 9.17) is 5.11 Å². The highest BCUT2D eigenvalue weighted by atomic mass is 16.4. The van der Waals surface area contributed by atoms with Gasteiger partial charge in [0.25, 0.3) is 5.91 Å². The second kappa shape index (κ2) is 4.54. The third-order valence-corrected chi connectivity index (χ3v) is 1.81. The first kappa shape index (κ1) is 11.2. The molecule has 0 atom stereocenters. The Balaban J connectivity index is 2.81. The first-order valence-electron chi connectivity index (χ1n) is 4.40. The van der Waals surface area contributed by atoms with Crippen LogP contribution in [0.15, 0.2) is 6.33 Å². The molecule has 1 rings (SSSR count). The lowest BCUT2D eigenvalue weighted by atomic mass is 10.3. The lowest BCUT2D eigenvalue weighted by molar-refractivity contribution is -0.138. The van der Waals surface area contributed by atoms with Crippen LogP contribution in [0.1, 0.15) is 24.5 Å². The molecule has 0 aliphatic heterocycles. The van der Waals surface area contributed by atoms with Crippen LogP contribution in [0.25, 0.3) is 0 Å². The quantitative estimate of drug-likeness (QED) is 0.716. The Morgan fingerprint density at radius 1 is 1.60 bits per heavy atom. The Morgan fingerprint density at radius 3 is 2.67 bits per heavy atom. The summed E-state index contributed by atoms with van der Waals surface area (Å²) in [5.41, 5.74) is 0. The van der Waals surface area contributed by atoms with Gasteiger partial charge in [-0.2, -0.15) is 5.10 Å². The predicted molar refractivity (Wildman–Crippen MR) is 50.2 cm³/mol.